The maximum absolute atomic E-state index is 4.73. The van der Waals surface area contributed by atoms with E-state index in [0.717, 1.165) is 5.01 Å². The fourth-order valence-electron chi connectivity index (χ4n) is 2.07. The van der Waals surface area contributed by atoms with Gasteiger partial charge in [0, 0.05) is 11.6 Å². The van der Waals surface area contributed by atoms with E-state index in [9.17, 15) is 0 Å². The van der Waals surface area contributed by atoms with Crippen LogP contribution in [0.2, 0.25) is 0 Å². The Hall–Kier alpha value is -2.26. The molecule has 0 amide bonds. The maximum Gasteiger partial charge on any atom is 0.133 e. The molecule has 20 heavy (non-hydrogen) atoms. The lowest BCUT2D eigenvalue weighted by molar-refractivity contribution is 0.878. The largest absolute Gasteiger partial charge is 0.277 e. The summed E-state index contributed by atoms with van der Waals surface area (Å²) in [6.07, 6.45) is 3.65. The second kappa shape index (κ2) is 6.26. The highest BCUT2D eigenvalue weighted by Crippen LogP contribution is 2.25. The fourth-order valence-corrected chi connectivity index (χ4v) is 2.58. The lowest BCUT2D eigenvalue weighted by atomic mass is 9.99. The zero-order valence-electron chi connectivity index (χ0n) is 10.9. The van der Waals surface area contributed by atoms with Gasteiger partial charge in [0.2, 0.25) is 0 Å². The molecule has 0 radical (unpaired) electrons. The SMILES string of the molecule is C(=N\C(c1ccccc1)c1ccccc1)/c1nccs1. The van der Waals surface area contributed by atoms with Gasteiger partial charge in [-0.2, -0.15) is 0 Å². The molecule has 0 unspecified atom stereocenters. The van der Waals surface area contributed by atoms with Crippen molar-refractivity contribution in [3.63, 3.8) is 0 Å². The van der Waals surface area contributed by atoms with Gasteiger partial charge in [-0.15, -0.1) is 11.3 Å². The first-order valence-electron chi connectivity index (χ1n) is 6.46. The summed E-state index contributed by atoms with van der Waals surface area (Å²) in [5, 5.41) is 2.89. The van der Waals surface area contributed by atoms with Gasteiger partial charge >= 0.3 is 0 Å². The molecular weight excluding hydrogens is 264 g/mol. The quantitative estimate of drug-likeness (QED) is 0.651. The summed E-state index contributed by atoms with van der Waals surface area (Å²) >= 11 is 1.59. The minimum absolute atomic E-state index is 0.0151. The van der Waals surface area contributed by atoms with E-state index < -0.39 is 0 Å². The van der Waals surface area contributed by atoms with Crippen LogP contribution in [0.3, 0.4) is 0 Å². The first kappa shape index (κ1) is 12.8. The molecule has 0 aliphatic carbocycles. The Morgan fingerprint density at radius 3 is 2.00 bits per heavy atom. The van der Waals surface area contributed by atoms with Crippen molar-refractivity contribution in [2.75, 3.05) is 0 Å². The zero-order valence-corrected chi connectivity index (χ0v) is 11.7. The van der Waals surface area contributed by atoms with Crippen molar-refractivity contribution in [1.82, 2.24) is 4.98 Å². The van der Waals surface area contributed by atoms with Gasteiger partial charge in [0.15, 0.2) is 0 Å². The lowest BCUT2D eigenvalue weighted by Crippen LogP contribution is -1.98. The van der Waals surface area contributed by atoms with Crippen LogP contribution in [-0.4, -0.2) is 11.2 Å². The van der Waals surface area contributed by atoms with E-state index >= 15 is 0 Å². The van der Waals surface area contributed by atoms with Crippen molar-refractivity contribution in [3.8, 4) is 0 Å². The summed E-state index contributed by atoms with van der Waals surface area (Å²) in [5.41, 5.74) is 2.37. The first-order chi connectivity index (χ1) is 9.93. The zero-order chi connectivity index (χ0) is 13.6. The van der Waals surface area contributed by atoms with Crippen molar-refractivity contribution in [2.45, 2.75) is 6.04 Å². The highest BCUT2D eigenvalue weighted by molar-refractivity contribution is 7.11. The number of benzene rings is 2. The Bertz CT molecular complexity index is 621. The van der Waals surface area contributed by atoms with Gasteiger partial charge in [-0.05, 0) is 11.1 Å². The molecule has 0 bridgehead atoms. The van der Waals surface area contributed by atoms with Crippen molar-refractivity contribution >= 4 is 17.6 Å². The van der Waals surface area contributed by atoms with Crippen LogP contribution in [0.25, 0.3) is 0 Å². The molecule has 2 aromatic carbocycles. The van der Waals surface area contributed by atoms with Crippen molar-refractivity contribution in [2.24, 2.45) is 4.99 Å². The van der Waals surface area contributed by atoms with E-state index in [-0.39, 0.29) is 6.04 Å². The van der Waals surface area contributed by atoms with Gasteiger partial charge in [-0.25, -0.2) is 4.98 Å². The number of hydrogen-bond donors (Lipinski definition) is 0. The van der Waals surface area contributed by atoms with Crippen LogP contribution in [0.4, 0.5) is 0 Å². The molecule has 0 aliphatic heterocycles. The molecule has 3 aromatic rings. The van der Waals surface area contributed by atoms with E-state index in [4.69, 9.17) is 4.99 Å². The molecule has 0 atom stereocenters. The van der Waals surface area contributed by atoms with Gasteiger partial charge in [-0.3, -0.25) is 4.99 Å². The van der Waals surface area contributed by atoms with Crippen molar-refractivity contribution < 1.29 is 0 Å². The van der Waals surface area contributed by atoms with Gasteiger partial charge < -0.3 is 0 Å². The summed E-state index contributed by atoms with van der Waals surface area (Å²) in [6.45, 7) is 0. The summed E-state index contributed by atoms with van der Waals surface area (Å²) < 4.78 is 0. The Kier molecular flexibility index (Phi) is 3.99. The van der Waals surface area contributed by atoms with E-state index in [1.54, 1.807) is 17.5 Å². The molecule has 1 aromatic heterocycles. The van der Waals surface area contributed by atoms with Gasteiger partial charge in [-0.1, -0.05) is 60.7 Å². The van der Waals surface area contributed by atoms with E-state index in [1.165, 1.54) is 11.1 Å². The smallest absolute Gasteiger partial charge is 0.133 e. The summed E-state index contributed by atoms with van der Waals surface area (Å²) in [6, 6.07) is 20.7. The molecule has 0 aliphatic rings. The molecule has 0 spiro atoms. The monoisotopic (exact) mass is 278 g/mol. The summed E-state index contributed by atoms with van der Waals surface area (Å²) in [5.74, 6) is 0. The van der Waals surface area contributed by atoms with Crippen LogP contribution in [0.1, 0.15) is 22.2 Å². The number of aromatic nitrogens is 1. The minimum atomic E-state index is 0.0151. The molecular formula is C17H14N2S. The standard InChI is InChI=1S/C17H14N2S/c1-3-7-14(8-4-1)17(15-9-5-2-6-10-15)19-13-16-18-11-12-20-16/h1-13,17H/b19-13+. The minimum Gasteiger partial charge on any atom is -0.277 e. The molecule has 0 N–H and O–H groups in total. The number of nitrogens with zero attached hydrogens (tertiary/aromatic N) is 2. The average molecular weight is 278 g/mol. The second-order valence-corrected chi connectivity index (χ2v) is 5.30. The normalized spacial score (nSPS) is 11.2. The Morgan fingerprint density at radius 2 is 1.50 bits per heavy atom. The van der Waals surface area contributed by atoms with Crippen LogP contribution >= 0.6 is 11.3 Å². The maximum atomic E-state index is 4.73. The third-order valence-corrected chi connectivity index (χ3v) is 3.73. The van der Waals surface area contributed by atoms with Crippen LogP contribution in [-0.2, 0) is 0 Å². The number of rotatable bonds is 4. The molecule has 0 saturated heterocycles. The Morgan fingerprint density at radius 1 is 0.900 bits per heavy atom. The fraction of sp³-hybridized carbons (Fsp3) is 0.0588. The topological polar surface area (TPSA) is 25.2 Å². The Labute approximate surface area is 122 Å². The predicted octanol–water partition coefficient (Wildman–Crippen LogP) is 4.35. The molecule has 98 valence electrons. The highest BCUT2D eigenvalue weighted by Gasteiger charge is 2.11. The average Bonchev–Trinajstić information content (AvgIpc) is 3.03. The second-order valence-electron chi connectivity index (χ2n) is 4.37. The summed E-state index contributed by atoms with van der Waals surface area (Å²) in [4.78, 5) is 8.97. The van der Waals surface area contributed by atoms with E-state index in [0.29, 0.717) is 0 Å². The molecule has 0 fully saturated rings. The van der Waals surface area contributed by atoms with Gasteiger partial charge in [0.25, 0.3) is 0 Å². The predicted molar refractivity (Wildman–Crippen MR) is 84.4 cm³/mol. The van der Waals surface area contributed by atoms with Crippen LogP contribution in [0, 0.1) is 0 Å². The lowest BCUT2D eigenvalue weighted by Gasteiger charge is -2.13. The third-order valence-electron chi connectivity index (χ3n) is 3.02. The number of hydrogen-bond acceptors (Lipinski definition) is 3. The van der Waals surface area contributed by atoms with E-state index in [2.05, 4.69) is 29.2 Å². The van der Waals surface area contributed by atoms with Gasteiger partial charge in [0.05, 0.1) is 6.21 Å². The van der Waals surface area contributed by atoms with Gasteiger partial charge in [0.1, 0.15) is 11.0 Å². The molecule has 2 nitrogen and oxygen atoms in total. The number of thiazole rings is 1. The first-order valence-corrected chi connectivity index (χ1v) is 7.34. The third kappa shape index (κ3) is 3.00. The van der Waals surface area contributed by atoms with Crippen LogP contribution < -0.4 is 0 Å². The molecule has 1 heterocycles. The van der Waals surface area contributed by atoms with Crippen molar-refractivity contribution in [3.05, 3.63) is 88.4 Å². The van der Waals surface area contributed by atoms with Crippen molar-refractivity contribution in [1.29, 1.82) is 0 Å². The molecule has 3 heteroatoms. The Balaban J connectivity index is 1.96. The van der Waals surface area contributed by atoms with Crippen LogP contribution in [0.5, 0.6) is 0 Å². The van der Waals surface area contributed by atoms with Crippen LogP contribution in [0.15, 0.2) is 77.2 Å². The number of aliphatic imine (C=N–C) groups is 1. The highest BCUT2D eigenvalue weighted by atomic mass is 32.1. The molecule has 3 rings (SSSR count). The molecule has 0 saturated carbocycles. The van der Waals surface area contributed by atoms with E-state index in [1.807, 2.05) is 48.0 Å². The summed E-state index contributed by atoms with van der Waals surface area (Å²) in [7, 11) is 0.